The first-order chi connectivity index (χ1) is 15.2. The summed E-state index contributed by atoms with van der Waals surface area (Å²) in [6.45, 7) is 4.05. The molecule has 11 heteroatoms. The Kier molecular flexibility index (Phi) is 7.60. The van der Waals surface area contributed by atoms with Gasteiger partial charge in [-0.05, 0) is 55.8 Å². The topological polar surface area (TPSA) is 118 Å². The van der Waals surface area contributed by atoms with Gasteiger partial charge in [0.25, 0.3) is 5.56 Å². The maximum Gasteiger partial charge on any atom is 0.270 e. The summed E-state index contributed by atoms with van der Waals surface area (Å²) in [5.41, 5.74) is 0.506. The highest BCUT2D eigenvalue weighted by Gasteiger charge is 2.22. The molecule has 0 bridgehead atoms. The van der Waals surface area contributed by atoms with Crippen molar-refractivity contribution < 1.29 is 17.9 Å². The van der Waals surface area contributed by atoms with Crippen LogP contribution in [-0.4, -0.2) is 36.7 Å². The molecule has 3 aromatic rings. The van der Waals surface area contributed by atoms with Gasteiger partial charge in [-0.2, -0.15) is 0 Å². The van der Waals surface area contributed by atoms with Crippen LogP contribution < -0.4 is 15.6 Å². The molecule has 0 aliphatic rings. The molecule has 32 heavy (non-hydrogen) atoms. The summed E-state index contributed by atoms with van der Waals surface area (Å²) in [5.74, 6) is 0.158. The van der Waals surface area contributed by atoms with Crippen LogP contribution in [-0.2, 0) is 14.6 Å². The SMILES string of the molecule is CCOc1ccc(S(=O)(=O)c2cnc(SCC(=O)Nc3cccc(Cl)c3C)[nH]c2=O)cc1. The number of ether oxygens (including phenoxy) is 1. The van der Waals surface area contributed by atoms with Crippen LogP contribution in [0.15, 0.2) is 68.4 Å². The van der Waals surface area contributed by atoms with Crippen molar-refractivity contribution in [3.63, 3.8) is 0 Å². The van der Waals surface area contributed by atoms with Crippen molar-refractivity contribution in [2.24, 2.45) is 0 Å². The van der Waals surface area contributed by atoms with Gasteiger partial charge >= 0.3 is 0 Å². The second-order valence-corrected chi connectivity index (χ2v) is 9.83. The van der Waals surface area contributed by atoms with Crippen LogP contribution in [0.4, 0.5) is 5.69 Å². The van der Waals surface area contributed by atoms with Gasteiger partial charge in [0.1, 0.15) is 5.75 Å². The summed E-state index contributed by atoms with van der Waals surface area (Å²) in [7, 11) is -4.06. The van der Waals surface area contributed by atoms with E-state index in [1.807, 2.05) is 6.92 Å². The number of nitrogens with one attached hydrogen (secondary N) is 2. The lowest BCUT2D eigenvalue weighted by Gasteiger charge is -2.09. The third-order valence-electron chi connectivity index (χ3n) is 4.36. The van der Waals surface area contributed by atoms with Crippen molar-refractivity contribution in [1.29, 1.82) is 0 Å². The summed E-state index contributed by atoms with van der Waals surface area (Å²) < 4.78 is 30.9. The van der Waals surface area contributed by atoms with E-state index < -0.39 is 20.3 Å². The Labute approximate surface area is 194 Å². The van der Waals surface area contributed by atoms with Crippen molar-refractivity contribution in [2.75, 3.05) is 17.7 Å². The fourth-order valence-corrected chi connectivity index (χ4v) is 4.74. The maximum atomic E-state index is 12.8. The summed E-state index contributed by atoms with van der Waals surface area (Å²) in [5, 5.41) is 3.39. The first-order valence-corrected chi connectivity index (χ1v) is 12.3. The van der Waals surface area contributed by atoms with Gasteiger partial charge < -0.3 is 15.0 Å². The van der Waals surface area contributed by atoms with Crippen molar-refractivity contribution in [3.05, 3.63) is 69.6 Å². The fourth-order valence-electron chi connectivity index (χ4n) is 2.70. The zero-order chi connectivity index (χ0) is 23.3. The zero-order valence-corrected chi connectivity index (χ0v) is 19.6. The highest BCUT2D eigenvalue weighted by atomic mass is 35.5. The van der Waals surface area contributed by atoms with E-state index in [2.05, 4.69) is 15.3 Å². The lowest BCUT2D eigenvalue weighted by molar-refractivity contribution is -0.113. The van der Waals surface area contributed by atoms with Gasteiger partial charge in [-0.25, -0.2) is 13.4 Å². The molecule has 0 saturated heterocycles. The molecule has 3 rings (SSSR count). The Morgan fingerprint density at radius 1 is 1.22 bits per heavy atom. The number of sulfone groups is 1. The number of hydrogen-bond donors (Lipinski definition) is 2. The summed E-state index contributed by atoms with van der Waals surface area (Å²) in [4.78, 5) is 30.5. The third-order valence-corrected chi connectivity index (χ3v) is 7.42. The van der Waals surface area contributed by atoms with Crippen molar-refractivity contribution in [1.82, 2.24) is 9.97 Å². The van der Waals surface area contributed by atoms with Crippen molar-refractivity contribution in [3.8, 4) is 5.75 Å². The molecule has 2 aromatic carbocycles. The second kappa shape index (κ2) is 10.2. The predicted octanol–water partition coefficient (Wildman–Crippen LogP) is 3.69. The van der Waals surface area contributed by atoms with Crippen LogP contribution >= 0.6 is 23.4 Å². The average molecular weight is 494 g/mol. The number of benzene rings is 2. The molecule has 2 N–H and O–H groups in total. The second-order valence-electron chi connectivity index (χ2n) is 6.54. The molecule has 168 valence electrons. The molecule has 0 aliphatic carbocycles. The molecule has 0 saturated carbocycles. The monoisotopic (exact) mass is 493 g/mol. The van der Waals surface area contributed by atoms with E-state index in [0.717, 1.165) is 23.5 Å². The number of rotatable bonds is 8. The van der Waals surface area contributed by atoms with Gasteiger partial charge in [0.2, 0.25) is 15.7 Å². The van der Waals surface area contributed by atoms with Gasteiger partial charge in [0, 0.05) is 10.7 Å². The molecule has 1 heterocycles. The van der Waals surface area contributed by atoms with Crippen LogP contribution in [0.3, 0.4) is 0 Å². The van der Waals surface area contributed by atoms with Crippen LogP contribution in [0, 0.1) is 6.92 Å². The highest BCUT2D eigenvalue weighted by molar-refractivity contribution is 7.99. The molecule has 0 fully saturated rings. The summed E-state index contributed by atoms with van der Waals surface area (Å²) in [6, 6.07) is 10.9. The molecule has 8 nitrogen and oxygen atoms in total. The molecule has 0 atom stereocenters. The molecular formula is C21H20ClN3O5S2. The largest absolute Gasteiger partial charge is 0.494 e. The predicted molar refractivity (Wildman–Crippen MR) is 123 cm³/mol. The van der Waals surface area contributed by atoms with Gasteiger partial charge in [-0.15, -0.1) is 0 Å². The smallest absolute Gasteiger partial charge is 0.270 e. The van der Waals surface area contributed by atoms with E-state index in [1.54, 1.807) is 25.1 Å². The van der Waals surface area contributed by atoms with Crippen LogP contribution in [0.2, 0.25) is 5.02 Å². The quantitative estimate of drug-likeness (QED) is 0.363. The molecule has 1 amide bonds. The van der Waals surface area contributed by atoms with E-state index in [4.69, 9.17) is 16.3 Å². The average Bonchev–Trinajstić information content (AvgIpc) is 2.76. The number of hydrogen-bond acceptors (Lipinski definition) is 7. The lowest BCUT2D eigenvalue weighted by Crippen LogP contribution is -2.20. The molecule has 0 spiro atoms. The zero-order valence-electron chi connectivity index (χ0n) is 17.2. The standard InChI is InChI=1S/C21H20ClN3O5S2/c1-3-30-14-7-9-15(10-8-14)32(28,29)18-11-23-21(25-20(18)27)31-12-19(26)24-17-6-4-5-16(22)13(17)2/h4-11H,3,12H2,1-2H3,(H,24,26)(H,23,25,27). The number of anilines is 1. The Bertz CT molecular complexity index is 1290. The number of aromatic nitrogens is 2. The maximum absolute atomic E-state index is 12.8. The van der Waals surface area contributed by atoms with Crippen LogP contribution in [0.5, 0.6) is 5.75 Å². The molecule has 0 unspecified atom stereocenters. The minimum Gasteiger partial charge on any atom is -0.494 e. The minimum absolute atomic E-state index is 0.0418. The number of aromatic amines is 1. The van der Waals surface area contributed by atoms with E-state index in [9.17, 15) is 18.0 Å². The van der Waals surface area contributed by atoms with Crippen molar-refractivity contribution in [2.45, 2.75) is 28.8 Å². The molecule has 0 aliphatic heterocycles. The van der Waals surface area contributed by atoms with Gasteiger partial charge in [0.15, 0.2) is 10.1 Å². The van der Waals surface area contributed by atoms with Gasteiger partial charge in [0.05, 0.1) is 23.5 Å². The van der Waals surface area contributed by atoms with Crippen LogP contribution in [0.25, 0.3) is 0 Å². The first kappa shape index (κ1) is 23.8. The lowest BCUT2D eigenvalue weighted by atomic mass is 10.2. The van der Waals surface area contributed by atoms with Crippen molar-refractivity contribution >= 4 is 44.8 Å². The van der Waals surface area contributed by atoms with Crippen LogP contribution in [0.1, 0.15) is 12.5 Å². The van der Waals surface area contributed by atoms with E-state index in [1.165, 1.54) is 24.3 Å². The Morgan fingerprint density at radius 2 is 1.94 bits per heavy atom. The number of carbonyl (C=O) groups excluding carboxylic acids is 1. The van der Waals surface area contributed by atoms with E-state index in [-0.39, 0.29) is 21.7 Å². The summed E-state index contributed by atoms with van der Waals surface area (Å²) in [6.07, 6.45) is 0.992. The number of amides is 1. The Hall–Kier alpha value is -2.82. The molecule has 1 aromatic heterocycles. The molecule has 0 radical (unpaired) electrons. The fraction of sp³-hybridized carbons (Fsp3) is 0.190. The third kappa shape index (κ3) is 5.50. The number of carbonyl (C=O) groups is 1. The van der Waals surface area contributed by atoms with E-state index >= 15 is 0 Å². The summed E-state index contributed by atoms with van der Waals surface area (Å²) >= 11 is 7.02. The normalized spacial score (nSPS) is 11.2. The number of H-pyrrole nitrogens is 1. The van der Waals surface area contributed by atoms with Gasteiger partial charge in [-0.3, -0.25) is 9.59 Å². The number of nitrogens with zero attached hydrogens (tertiary/aromatic N) is 1. The first-order valence-electron chi connectivity index (χ1n) is 9.47. The molecular weight excluding hydrogens is 474 g/mol. The minimum atomic E-state index is -4.06. The van der Waals surface area contributed by atoms with Gasteiger partial charge in [-0.1, -0.05) is 29.4 Å². The Balaban J connectivity index is 1.70. The van der Waals surface area contributed by atoms with E-state index in [0.29, 0.717) is 23.1 Å². The number of halogens is 1. The highest BCUT2D eigenvalue weighted by Crippen LogP contribution is 2.24. The Morgan fingerprint density at radius 3 is 2.59 bits per heavy atom. The number of thioether (sulfide) groups is 1.